The fourth-order valence-electron chi connectivity index (χ4n) is 2.62. The molecule has 2 heterocycles. The van der Waals surface area contributed by atoms with E-state index >= 15 is 0 Å². The van der Waals surface area contributed by atoms with Crippen molar-refractivity contribution < 1.29 is 23.0 Å². The number of rotatable bonds is 3. The Hall–Kier alpha value is -1.31. The molecular weight excluding hydrogens is 294 g/mol. The number of hydrogen-bond acceptors (Lipinski definition) is 5. The summed E-state index contributed by atoms with van der Waals surface area (Å²) < 4.78 is 37.7. The van der Waals surface area contributed by atoms with E-state index in [-0.39, 0.29) is 17.4 Å². The zero-order valence-electron chi connectivity index (χ0n) is 11.7. The number of ether oxygens (including phenoxy) is 2. The summed E-state index contributed by atoms with van der Waals surface area (Å²) in [6, 6.07) is 4.73. The van der Waals surface area contributed by atoms with Crippen LogP contribution >= 0.6 is 0 Å². The molecule has 1 aromatic rings. The summed E-state index contributed by atoms with van der Waals surface area (Å²) in [5.74, 6) is 1.09. The highest BCUT2D eigenvalue weighted by atomic mass is 32.2. The maximum atomic E-state index is 12.6. The first-order valence-corrected chi connectivity index (χ1v) is 8.56. The van der Waals surface area contributed by atoms with E-state index in [4.69, 9.17) is 14.6 Å². The minimum Gasteiger partial charge on any atom is -0.490 e. The van der Waals surface area contributed by atoms with E-state index in [0.29, 0.717) is 44.2 Å². The van der Waals surface area contributed by atoms with Crippen molar-refractivity contribution in [3.8, 4) is 11.5 Å². The van der Waals surface area contributed by atoms with Gasteiger partial charge in [-0.05, 0) is 24.5 Å². The second-order valence-corrected chi connectivity index (χ2v) is 7.30. The van der Waals surface area contributed by atoms with E-state index in [0.717, 1.165) is 6.42 Å². The molecule has 0 amide bonds. The number of benzene rings is 1. The monoisotopic (exact) mass is 313 g/mol. The summed E-state index contributed by atoms with van der Waals surface area (Å²) in [6.45, 7) is 1.93. The number of nitrogens with zero attached hydrogens (tertiary/aromatic N) is 1. The van der Waals surface area contributed by atoms with E-state index in [1.165, 1.54) is 10.4 Å². The maximum Gasteiger partial charge on any atom is 0.243 e. The first-order valence-electron chi connectivity index (χ1n) is 7.12. The van der Waals surface area contributed by atoms with Crippen molar-refractivity contribution in [1.29, 1.82) is 0 Å². The summed E-state index contributed by atoms with van der Waals surface area (Å²) in [7, 11) is -3.54. The Bertz CT molecular complexity index is 616. The highest BCUT2D eigenvalue weighted by molar-refractivity contribution is 7.89. The lowest BCUT2D eigenvalue weighted by molar-refractivity contribution is 0.233. The van der Waals surface area contributed by atoms with Gasteiger partial charge in [-0.1, -0.05) is 0 Å². The van der Waals surface area contributed by atoms with E-state index < -0.39 is 10.0 Å². The molecule has 0 aromatic heterocycles. The average molecular weight is 313 g/mol. The molecule has 0 bridgehead atoms. The first-order chi connectivity index (χ1) is 10.1. The Morgan fingerprint density at radius 1 is 1.24 bits per heavy atom. The third kappa shape index (κ3) is 2.86. The van der Waals surface area contributed by atoms with Gasteiger partial charge in [0.05, 0.1) is 18.1 Å². The predicted molar refractivity (Wildman–Crippen MR) is 76.0 cm³/mol. The van der Waals surface area contributed by atoms with Crippen LogP contribution in [0.15, 0.2) is 23.1 Å². The van der Waals surface area contributed by atoms with E-state index in [2.05, 4.69) is 0 Å². The largest absolute Gasteiger partial charge is 0.490 e. The molecule has 0 spiro atoms. The normalized spacial score (nSPS) is 23.0. The van der Waals surface area contributed by atoms with E-state index in [1.807, 2.05) is 0 Å². The molecule has 3 rings (SSSR count). The summed E-state index contributed by atoms with van der Waals surface area (Å²) in [5, 5.41) is 9.15. The highest BCUT2D eigenvalue weighted by Gasteiger charge is 2.32. The molecule has 6 nitrogen and oxygen atoms in total. The molecule has 0 saturated carbocycles. The number of sulfonamides is 1. The molecule has 116 valence electrons. The average Bonchev–Trinajstić information content (AvgIpc) is 2.86. The van der Waals surface area contributed by atoms with Gasteiger partial charge in [0.1, 0.15) is 0 Å². The van der Waals surface area contributed by atoms with Crippen LogP contribution in [0.25, 0.3) is 0 Å². The van der Waals surface area contributed by atoms with Crippen molar-refractivity contribution in [2.75, 3.05) is 32.9 Å². The summed E-state index contributed by atoms with van der Waals surface area (Å²) >= 11 is 0. The zero-order chi connectivity index (χ0) is 14.9. The van der Waals surface area contributed by atoms with Gasteiger partial charge in [0.2, 0.25) is 10.0 Å². The SMILES string of the molecule is O=S(=O)(c1ccc2c(c1)OCCCO2)N1CCC(CO)C1. The Kier molecular flexibility index (Phi) is 4.05. The van der Waals surface area contributed by atoms with Gasteiger partial charge in [0.15, 0.2) is 11.5 Å². The second-order valence-electron chi connectivity index (χ2n) is 5.36. The highest BCUT2D eigenvalue weighted by Crippen LogP contribution is 2.33. The quantitative estimate of drug-likeness (QED) is 0.895. The van der Waals surface area contributed by atoms with Crippen LogP contribution in [0.3, 0.4) is 0 Å². The standard InChI is InChI=1S/C14H19NO5S/c16-10-11-4-5-15(9-11)21(17,18)12-2-3-13-14(8-12)20-7-1-6-19-13/h2-3,8,11,16H,1,4-7,9-10H2. The number of hydrogen-bond donors (Lipinski definition) is 1. The smallest absolute Gasteiger partial charge is 0.243 e. The third-order valence-corrected chi connectivity index (χ3v) is 5.72. The molecule has 21 heavy (non-hydrogen) atoms. The first kappa shape index (κ1) is 14.6. The molecule has 0 aliphatic carbocycles. The third-order valence-electron chi connectivity index (χ3n) is 3.86. The molecule has 1 fully saturated rings. The molecule has 2 aliphatic rings. The van der Waals surface area contributed by atoms with Crippen LogP contribution in [-0.4, -0.2) is 50.7 Å². The zero-order valence-corrected chi connectivity index (χ0v) is 12.5. The molecule has 1 atom stereocenters. The molecule has 1 unspecified atom stereocenters. The van der Waals surface area contributed by atoms with Crippen LogP contribution in [0.5, 0.6) is 11.5 Å². The Labute approximate surface area is 124 Å². The number of aliphatic hydroxyl groups is 1. The lowest BCUT2D eigenvalue weighted by Crippen LogP contribution is -2.29. The molecule has 1 saturated heterocycles. The van der Waals surface area contributed by atoms with Crippen molar-refractivity contribution in [2.45, 2.75) is 17.7 Å². The molecule has 1 N–H and O–H groups in total. The second kappa shape index (κ2) is 5.82. The molecular formula is C14H19NO5S. The van der Waals surface area contributed by atoms with Crippen molar-refractivity contribution in [2.24, 2.45) is 5.92 Å². The minimum atomic E-state index is -3.54. The van der Waals surface area contributed by atoms with Crippen LogP contribution in [0.2, 0.25) is 0 Å². The van der Waals surface area contributed by atoms with Crippen molar-refractivity contribution in [3.63, 3.8) is 0 Å². The van der Waals surface area contributed by atoms with Crippen molar-refractivity contribution >= 4 is 10.0 Å². The Morgan fingerprint density at radius 2 is 2.00 bits per heavy atom. The van der Waals surface area contributed by atoms with Gasteiger partial charge < -0.3 is 14.6 Å². The number of aliphatic hydroxyl groups excluding tert-OH is 1. The van der Waals surface area contributed by atoms with Gasteiger partial charge in [-0.3, -0.25) is 0 Å². The van der Waals surface area contributed by atoms with Crippen molar-refractivity contribution in [3.05, 3.63) is 18.2 Å². The van der Waals surface area contributed by atoms with E-state index in [9.17, 15) is 8.42 Å². The molecule has 7 heteroatoms. The molecule has 0 radical (unpaired) electrons. The minimum absolute atomic E-state index is 0.0210. The van der Waals surface area contributed by atoms with Crippen LogP contribution in [-0.2, 0) is 10.0 Å². The van der Waals surface area contributed by atoms with Gasteiger partial charge >= 0.3 is 0 Å². The van der Waals surface area contributed by atoms with Crippen LogP contribution < -0.4 is 9.47 Å². The van der Waals surface area contributed by atoms with Gasteiger partial charge in [0.25, 0.3) is 0 Å². The Balaban J connectivity index is 1.87. The van der Waals surface area contributed by atoms with Gasteiger partial charge in [0, 0.05) is 32.2 Å². The fraction of sp³-hybridized carbons (Fsp3) is 0.571. The molecule has 2 aliphatic heterocycles. The predicted octanol–water partition coefficient (Wildman–Crippen LogP) is 0.851. The summed E-state index contributed by atoms with van der Waals surface area (Å²) in [6.07, 6.45) is 1.47. The molecule has 1 aromatic carbocycles. The van der Waals surface area contributed by atoms with Crippen LogP contribution in [0, 0.1) is 5.92 Å². The van der Waals surface area contributed by atoms with Gasteiger partial charge in [-0.25, -0.2) is 8.42 Å². The fourth-order valence-corrected chi connectivity index (χ4v) is 4.16. The lowest BCUT2D eigenvalue weighted by atomic mass is 10.1. The van der Waals surface area contributed by atoms with Gasteiger partial charge in [-0.15, -0.1) is 0 Å². The van der Waals surface area contributed by atoms with Crippen molar-refractivity contribution in [1.82, 2.24) is 4.31 Å². The van der Waals surface area contributed by atoms with E-state index in [1.54, 1.807) is 12.1 Å². The summed E-state index contributed by atoms with van der Waals surface area (Å²) in [4.78, 5) is 0.213. The van der Waals surface area contributed by atoms with Crippen LogP contribution in [0.1, 0.15) is 12.8 Å². The maximum absolute atomic E-state index is 12.6. The lowest BCUT2D eigenvalue weighted by Gasteiger charge is -2.17. The van der Waals surface area contributed by atoms with Crippen LogP contribution in [0.4, 0.5) is 0 Å². The Morgan fingerprint density at radius 3 is 2.71 bits per heavy atom. The topological polar surface area (TPSA) is 76.1 Å². The number of fused-ring (bicyclic) bond motifs is 1. The summed E-state index contributed by atoms with van der Waals surface area (Å²) in [5.41, 5.74) is 0. The van der Waals surface area contributed by atoms with Gasteiger partial charge in [-0.2, -0.15) is 4.31 Å².